The molecule has 2 heteroatoms. The average Bonchev–Trinajstić information content (AvgIpc) is 2.96. The molecule has 0 unspecified atom stereocenters. The van der Waals surface area contributed by atoms with Gasteiger partial charge in [-0.25, -0.2) is 0 Å². The molecule has 6 aromatic carbocycles. The fourth-order valence-corrected chi connectivity index (χ4v) is 24.0. The van der Waals surface area contributed by atoms with Crippen LogP contribution in [0.4, 0.5) is 0 Å². The van der Waals surface area contributed by atoms with E-state index < -0.39 is 43.5 Å². The quantitative estimate of drug-likeness (QED) is 0.224. The predicted molar refractivity (Wildman–Crippen MR) is 159 cm³/mol. The maximum atomic E-state index is 2.42. The molecule has 0 saturated carbocycles. The van der Waals surface area contributed by atoms with Crippen LogP contribution in [0.5, 0.6) is 0 Å². The van der Waals surface area contributed by atoms with Crippen molar-refractivity contribution in [1.82, 2.24) is 0 Å². The summed E-state index contributed by atoms with van der Waals surface area (Å²) in [5, 5.41) is 2.90. The average molecular weight is 853 g/mol. The molecule has 172 valence electrons. The van der Waals surface area contributed by atoms with Crippen molar-refractivity contribution in [3.05, 3.63) is 158 Å². The molecule has 0 aliphatic carbocycles. The van der Waals surface area contributed by atoms with Crippen LogP contribution in [-0.2, 0) is 0 Å². The van der Waals surface area contributed by atoms with Gasteiger partial charge in [-0.05, 0) is 0 Å². The second-order valence-corrected chi connectivity index (χ2v) is 25.7. The van der Waals surface area contributed by atoms with Gasteiger partial charge < -0.3 is 0 Å². The summed E-state index contributed by atoms with van der Waals surface area (Å²) in [4.78, 5) is 0. The van der Waals surface area contributed by atoms with Gasteiger partial charge in [-0.15, -0.1) is 0 Å². The van der Waals surface area contributed by atoms with Gasteiger partial charge in [-0.3, -0.25) is 0 Å². The molecule has 0 atom stereocenters. The Hall–Kier alpha value is -2.65. The van der Waals surface area contributed by atoms with Crippen LogP contribution in [0.3, 0.4) is 0 Å². The second kappa shape index (κ2) is 11.2. The summed E-state index contributed by atoms with van der Waals surface area (Å²) in [7, 11) is 0. The summed E-state index contributed by atoms with van der Waals surface area (Å²) in [6, 6.07) is 59.2. The molecule has 36 heavy (non-hydrogen) atoms. The monoisotopic (exact) mass is 852 g/mol. The van der Waals surface area contributed by atoms with Gasteiger partial charge in [0.15, 0.2) is 0 Å². The van der Waals surface area contributed by atoms with Crippen LogP contribution in [0.25, 0.3) is 10.8 Å². The standard InChI is InChI=1S/C10H6.4C6H5.2Bi/c1-2-6-10-8-4-3-7-9(10)5-1;4*1-2-4-6-5-3-1;;/h1-5,8H;4*1-5H;;. The fraction of sp³-hybridized carbons (Fsp3) is 0. The van der Waals surface area contributed by atoms with E-state index in [-0.39, 0.29) is 0 Å². The third-order valence-electron chi connectivity index (χ3n) is 6.42. The van der Waals surface area contributed by atoms with E-state index in [1.54, 1.807) is 6.54 Å². The van der Waals surface area contributed by atoms with Crippen molar-refractivity contribution < 1.29 is 0 Å². The number of hydrogen-bond donors (Lipinski definition) is 0. The summed E-state index contributed by atoms with van der Waals surface area (Å²) in [6.07, 6.45) is 0. The minimum absolute atomic E-state index is 1.45. The van der Waals surface area contributed by atoms with Gasteiger partial charge in [0, 0.05) is 0 Å². The van der Waals surface area contributed by atoms with Gasteiger partial charge in [0.2, 0.25) is 0 Å². The third-order valence-corrected chi connectivity index (χ3v) is 25.9. The van der Waals surface area contributed by atoms with Crippen molar-refractivity contribution in [3.63, 3.8) is 0 Å². The Balaban J connectivity index is 1.59. The van der Waals surface area contributed by atoms with Crippen LogP contribution in [0.15, 0.2) is 158 Å². The Morgan fingerprint density at radius 3 is 0.806 bits per heavy atom. The Labute approximate surface area is 229 Å². The predicted octanol–water partition coefficient (Wildman–Crippen LogP) is 3.87. The molecule has 6 rings (SSSR count). The van der Waals surface area contributed by atoms with Crippen LogP contribution in [0.2, 0.25) is 0 Å². The summed E-state index contributed by atoms with van der Waals surface area (Å²) in [5.74, 6) is 0. The van der Waals surface area contributed by atoms with Gasteiger partial charge in [0.25, 0.3) is 0 Å². The van der Waals surface area contributed by atoms with Gasteiger partial charge in [-0.1, -0.05) is 0 Å². The Morgan fingerprint density at radius 1 is 0.250 bits per heavy atom. The number of fused-ring (bicyclic) bond motifs is 1. The van der Waals surface area contributed by atoms with E-state index in [1.165, 1.54) is 23.9 Å². The van der Waals surface area contributed by atoms with E-state index in [2.05, 4.69) is 158 Å². The van der Waals surface area contributed by atoms with Crippen molar-refractivity contribution >= 4 is 73.9 Å². The van der Waals surface area contributed by atoms with Gasteiger partial charge >= 0.3 is 232 Å². The number of rotatable bonds is 6. The first-order chi connectivity index (χ1) is 17.9. The van der Waals surface area contributed by atoms with Crippen LogP contribution in [0.1, 0.15) is 0 Å². The van der Waals surface area contributed by atoms with Crippen molar-refractivity contribution in [2.75, 3.05) is 0 Å². The second-order valence-electron chi connectivity index (χ2n) is 8.66. The summed E-state index contributed by atoms with van der Waals surface area (Å²) in [6.45, 7) is 0. The zero-order valence-electron chi connectivity index (χ0n) is 19.9. The zero-order chi connectivity index (χ0) is 24.2. The molecule has 0 heterocycles. The molecule has 0 aliphatic heterocycles. The molecule has 0 N–H and O–H groups in total. The Morgan fingerprint density at radius 2 is 0.528 bits per heavy atom. The van der Waals surface area contributed by atoms with E-state index >= 15 is 0 Å². The van der Waals surface area contributed by atoms with E-state index in [4.69, 9.17) is 0 Å². The van der Waals surface area contributed by atoms with Gasteiger partial charge in [0.05, 0.1) is 0 Å². The molecule has 0 amide bonds. The van der Waals surface area contributed by atoms with E-state index in [9.17, 15) is 0 Å². The van der Waals surface area contributed by atoms with E-state index in [0.29, 0.717) is 0 Å². The van der Waals surface area contributed by atoms with Crippen molar-refractivity contribution in [1.29, 1.82) is 0 Å². The first kappa shape index (κ1) is 23.7. The third kappa shape index (κ3) is 4.83. The summed E-state index contributed by atoms with van der Waals surface area (Å²) >= 11 is -4.97. The summed E-state index contributed by atoms with van der Waals surface area (Å²) in [5.41, 5.74) is 0. The van der Waals surface area contributed by atoms with Gasteiger partial charge in [-0.2, -0.15) is 0 Å². The molecule has 0 aliphatic rings. The minimum atomic E-state index is -2.49. The van der Waals surface area contributed by atoms with Crippen LogP contribution in [0, 0.1) is 0 Å². The SMILES string of the molecule is c1cc[c]([Bi]([c]2ccccc2)[c]2cccc3[c]([Bi]([c]4ccccc4)[c]4ccccc4)cccc23)cc1. The molecule has 0 fully saturated rings. The molecule has 0 bridgehead atoms. The topological polar surface area (TPSA) is 0 Å². The fourth-order valence-electron chi connectivity index (χ4n) is 4.83. The molecular weight excluding hydrogens is 826 g/mol. The van der Waals surface area contributed by atoms with E-state index in [0.717, 1.165) is 0 Å². The first-order valence-corrected chi connectivity index (χ1v) is 22.7. The Kier molecular flexibility index (Phi) is 7.36. The maximum absolute atomic E-state index is 2.49. The normalized spacial score (nSPS) is 11.3. The summed E-state index contributed by atoms with van der Waals surface area (Å²) < 4.78 is 9.27. The van der Waals surface area contributed by atoms with E-state index in [1.807, 2.05) is 0 Å². The first-order valence-electron chi connectivity index (χ1n) is 12.2. The molecule has 0 aromatic heterocycles. The van der Waals surface area contributed by atoms with Crippen molar-refractivity contribution in [3.8, 4) is 0 Å². The zero-order valence-corrected chi connectivity index (χ0v) is 26.9. The Bertz CT molecular complexity index is 1360. The molecule has 0 nitrogen and oxygen atoms in total. The van der Waals surface area contributed by atoms with Crippen molar-refractivity contribution in [2.24, 2.45) is 0 Å². The van der Waals surface area contributed by atoms with Crippen LogP contribution < -0.4 is 19.6 Å². The van der Waals surface area contributed by atoms with Crippen LogP contribution in [-0.4, -0.2) is 43.5 Å². The van der Waals surface area contributed by atoms with Crippen LogP contribution >= 0.6 is 0 Å². The molecule has 0 radical (unpaired) electrons. The number of hydrogen-bond acceptors (Lipinski definition) is 0. The molecule has 0 spiro atoms. The molecule has 0 saturated heterocycles. The molecule has 6 aromatic rings. The molecular formula is C34H26Bi2. The van der Waals surface area contributed by atoms with Gasteiger partial charge in [0.1, 0.15) is 0 Å². The van der Waals surface area contributed by atoms with Crippen molar-refractivity contribution in [2.45, 2.75) is 0 Å². The number of benzene rings is 6.